The van der Waals surface area contributed by atoms with Gasteiger partial charge < -0.3 is 5.32 Å². The molecule has 1 amide bonds. The van der Waals surface area contributed by atoms with Crippen molar-refractivity contribution in [1.82, 2.24) is 20.1 Å². The van der Waals surface area contributed by atoms with Gasteiger partial charge in [-0.2, -0.15) is 0 Å². The van der Waals surface area contributed by atoms with Crippen molar-refractivity contribution in [3.63, 3.8) is 0 Å². The van der Waals surface area contributed by atoms with Crippen LogP contribution in [0.5, 0.6) is 0 Å². The fourth-order valence-electron chi connectivity index (χ4n) is 2.82. The zero-order valence-electron chi connectivity index (χ0n) is 17.6. The Morgan fingerprint density at radius 1 is 0.966 bits per heavy atom. The Labute approximate surface area is 176 Å². The van der Waals surface area contributed by atoms with E-state index in [9.17, 15) is 4.79 Å². The highest BCUT2D eigenvalue weighted by Crippen LogP contribution is 2.30. The van der Waals surface area contributed by atoms with Crippen molar-refractivity contribution in [3.8, 4) is 17.1 Å². The molecular formula is C23H28N4OS. The van der Waals surface area contributed by atoms with E-state index in [1.807, 2.05) is 11.5 Å². The Hall–Kier alpha value is -2.60. The van der Waals surface area contributed by atoms with Crippen LogP contribution in [-0.2, 0) is 4.79 Å². The highest BCUT2D eigenvalue weighted by Gasteiger charge is 2.21. The summed E-state index contributed by atoms with van der Waals surface area (Å²) >= 11 is 1.42. The first-order chi connectivity index (χ1) is 13.8. The van der Waals surface area contributed by atoms with Crippen LogP contribution in [0, 0.1) is 19.8 Å². The molecule has 0 aliphatic rings. The topological polar surface area (TPSA) is 59.8 Å². The normalized spacial score (nSPS) is 12.2. The second-order valence-corrected chi connectivity index (χ2v) is 9.05. The third-order valence-electron chi connectivity index (χ3n) is 4.57. The summed E-state index contributed by atoms with van der Waals surface area (Å²) in [4.78, 5) is 12.5. The van der Waals surface area contributed by atoms with Crippen molar-refractivity contribution in [3.05, 3.63) is 59.7 Å². The molecule has 1 unspecified atom stereocenters. The first kappa shape index (κ1) is 21.1. The first-order valence-electron chi connectivity index (χ1n) is 9.89. The van der Waals surface area contributed by atoms with E-state index in [-0.39, 0.29) is 11.2 Å². The maximum atomic E-state index is 12.5. The number of carbonyl (C=O) groups is 1. The van der Waals surface area contributed by atoms with Crippen LogP contribution >= 0.6 is 11.8 Å². The van der Waals surface area contributed by atoms with Gasteiger partial charge in [0.05, 0.1) is 5.25 Å². The highest BCUT2D eigenvalue weighted by molar-refractivity contribution is 8.00. The minimum Gasteiger partial charge on any atom is -0.355 e. The number of rotatable bonds is 7. The van der Waals surface area contributed by atoms with Crippen molar-refractivity contribution < 1.29 is 4.79 Å². The van der Waals surface area contributed by atoms with Gasteiger partial charge in [-0.3, -0.25) is 9.36 Å². The molecule has 0 spiro atoms. The van der Waals surface area contributed by atoms with Crippen molar-refractivity contribution in [1.29, 1.82) is 0 Å². The second kappa shape index (κ2) is 9.27. The van der Waals surface area contributed by atoms with Crippen LogP contribution in [0.1, 0.15) is 31.9 Å². The number of nitrogens with one attached hydrogen (secondary N) is 1. The molecule has 152 valence electrons. The molecule has 1 atom stereocenters. The number of hydrogen-bond donors (Lipinski definition) is 1. The molecule has 0 aliphatic carbocycles. The van der Waals surface area contributed by atoms with Crippen LogP contribution in [0.4, 0.5) is 0 Å². The van der Waals surface area contributed by atoms with Crippen LogP contribution in [0.25, 0.3) is 17.1 Å². The minimum absolute atomic E-state index is 0.0130. The van der Waals surface area contributed by atoms with Gasteiger partial charge >= 0.3 is 0 Å². The molecule has 29 heavy (non-hydrogen) atoms. The van der Waals surface area contributed by atoms with Crippen LogP contribution in [0.3, 0.4) is 0 Å². The fourth-order valence-corrected chi connectivity index (χ4v) is 3.71. The lowest BCUT2D eigenvalue weighted by molar-refractivity contribution is -0.120. The smallest absolute Gasteiger partial charge is 0.233 e. The lowest BCUT2D eigenvalue weighted by Crippen LogP contribution is -2.33. The van der Waals surface area contributed by atoms with E-state index in [1.54, 1.807) is 0 Å². The van der Waals surface area contributed by atoms with Gasteiger partial charge in [0, 0.05) is 17.8 Å². The Balaban J connectivity index is 1.95. The summed E-state index contributed by atoms with van der Waals surface area (Å²) in [6.45, 7) is 10.9. The molecule has 6 heteroatoms. The maximum absolute atomic E-state index is 12.5. The van der Waals surface area contributed by atoms with Crippen LogP contribution in [-0.4, -0.2) is 32.5 Å². The summed E-state index contributed by atoms with van der Waals surface area (Å²) in [6.07, 6.45) is 0. The van der Waals surface area contributed by atoms with Gasteiger partial charge in [-0.15, -0.1) is 10.2 Å². The average Bonchev–Trinajstić information content (AvgIpc) is 3.10. The lowest BCUT2D eigenvalue weighted by atomic mass is 10.1. The summed E-state index contributed by atoms with van der Waals surface area (Å²) in [6, 6.07) is 16.5. The second-order valence-electron chi connectivity index (χ2n) is 7.74. The lowest BCUT2D eigenvalue weighted by Gasteiger charge is -2.15. The van der Waals surface area contributed by atoms with Crippen molar-refractivity contribution in [2.24, 2.45) is 5.92 Å². The molecule has 0 saturated heterocycles. The van der Waals surface area contributed by atoms with Gasteiger partial charge in [0.2, 0.25) is 5.91 Å². The Morgan fingerprint density at radius 2 is 1.55 bits per heavy atom. The zero-order chi connectivity index (χ0) is 21.0. The average molecular weight is 409 g/mol. The Kier molecular flexibility index (Phi) is 6.75. The minimum atomic E-state index is -0.270. The predicted octanol–water partition coefficient (Wildman–Crippen LogP) is 4.80. The predicted molar refractivity (Wildman–Crippen MR) is 119 cm³/mol. The maximum Gasteiger partial charge on any atom is 0.233 e. The standard InChI is InChI=1S/C23H28N4OS/c1-15(2)14-24-22(28)18(5)29-23-26-25-21(19-10-6-16(3)7-11-19)27(23)20-12-8-17(4)9-13-20/h6-13,15,18H,14H2,1-5H3,(H,24,28). The van der Waals surface area contributed by atoms with Gasteiger partial charge in [-0.25, -0.2) is 0 Å². The van der Waals surface area contributed by atoms with Gasteiger partial charge in [0.25, 0.3) is 0 Å². The number of carbonyl (C=O) groups excluding carboxylic acids is 1. The summed E-state index contributed by atoms with van der Waals surface area (Å²) in [5, 5.41) is 12.3. The number of aromatic nitrogens is 3. The van der Waals surface area contributed by atoms with Gasteiger partial charge in [0.15, 0.2) is 11.0 Å². The molecule has 0 aliphatic heterocycles. The molecule has 0 saturated carbocycles. The molecule has 0 fully saturated rings. The van der Waals surface area contributed by atoms with Crippen LogP contribution in [0.15, 0.2) is 53.7 Å². The molecule has 1 aromatic heterocycles. The molecule has 3 rings (SSSR count). The number of benzene rings is 2. The van der Waals surface area contributed by atoms with Crippen molar-refractivity contribution in [2.45, 2.75) is 45.0 Å². The summed E-state index contributed by atoms with van der Waals surface area (Å²) in [5.41, 5.74) is 4.36. The number of hydrogen-bond acceptors (Lipinski definition) is 4. The van der Waals surface area contributed by atoms with E-state index in [1.165, 1.54) is 22.9 Å². The molecule has 1 N–H and O–H groups in total. The summed E-state index contributed by atoms with van der Waals surface area (Å²) in [5.74, 6) is 1.20. The molecule has 5 nitrogen and oxygen atoms in total. The number of thioether (sulfide) groups is 1. The SMILES string of the molecule is Cc1ccc(-c2nnc(SC(C)C(=O)NCC(C)C)n2-c2ccc(C)cc2)cc1. The third-order valence-corrected chi connectivity index (χ3v) is 5.61. The van der Waals surface area contributed by atoms with E-state index in [2.05, 4.69) is 91.7 Å². The van der Waals surface area contributed by atoms with Gasteiger partial charge in [0.1, 0.15) is 0 Å². The molecule has 0 bridgehead atoms. The van der Waals surface area contributed by atoms with E-state index >= 15 is 0 Å². The molecular weight excluding hydrogens is 380 g/mol. The van der Waals surface area contributed by atoms with E-state index in [0.29, 0.717) is 17.6 Å². The largest absolute Gasteiger partial charge is 0.355 e. The quantitative estimate of drug-likeness (QED) is 0.570. The van der Waals surface area contributed by atoms with Gasteiger partial charge in [-0.05, 0) is 38.8 Å². The zero-order valence-corrected chi connectivity index (χ0v) is 18.5. The Morgan fingerprint density at radius 3 is 2.14 bits per heavy atom. The monoisotopic (exact) mass is 408 g/mol. The van der Waals surface area contributed by atoms with Crippen molar-refractivity contribution >= 4 is 17.7 Å². The molecule has 3 aromatic rings. The van der Waals surface area contributed by atoms with E-state index < -0.39 is 0 Å². The number of nitrogens with zero attached hydrogens (tertiary/aromatic N) is 3. The number of amides is 1. The molecule has 0 radical (unpaired) electrons. The van der Waals surface area contributed by atoms with E-state index in [4.69, 9.17) is 0 Å². The summed E-state index contributed by atoms with van der Waals surface area (Å²) < 4.78 is 2.03. The van der Waals surface area contributed by atoms with Crippen molar-refractivity contribution in [2.75, 3.05) is 6.54 Å². The van der Waals surface area contributed by atoms with Crippen LogP contribution in [0.2, 0.25) is 0 Å². The molecule has 1 heterocycles. The summed E-state index contributed by atoms with van der Waals surface area (Å²) in [7, 11) is 0. The van der Waals surface area contributed by atoms with E-state index in [0.717, 1.165) is 17.1 Å². The Bertz CT molecular complexity index is 962. The fraction of sp³-hybridized carbons (Fsp3) is 0.348. The first-order valence-corrected chi connectivity index (χ1v) is 10.8. The third kappa shape index (κ3) is 5.26. The highest BCUT2D eigenvalue weighted by atomic mass is 32.2. The van der Waals surface area contributed by atoms with Gasteiger partial charge in [-0.1, -0.05) is 73.1 Å². The van der Waals surface area contributed by atoms with Crippen LogP contribution < -0.4 is 5.32 Å². The number of aryl methyl sites for hydroxylation is 2. The molecule has 2 aromatic carbocycles.